The van der Waals surface area contributed by atoms with Gasteiger partial charge in [0.25, 0.3) is 0 Å². The van der Waals surface area contributed by atoms with Gasteiger partial charge in [-0.1, -0.05) is 13.8 Å². The van der Waals surface area contributed by atoms with Gasteiger partial charge < -0.3 is 19.9 Å². The molecule has 8 nitrogen and oxygen atoms in total. The average Bonchev–Trinajstić information content (AvgIpc) is 2.70. The van der Waals surface area contributed by atoms with Gasteiger partial charge in [-0.05, 0) is 36.1 Å². The summed E-state index contributed by atoms with van der Waals surface area (Å²) >= 11 is 0. The van der Waals surface area contributed by atoms with E-state index in [1.54, 1.807) is 18.3 Å². The summed E-state index contributed by atoms with van der Waals surface area (Å²) in [5, 5.41) is 12.3. The molecule has 1 unspecified atom stereocenters. The Bertz CT molecular complexity index is 952. The monoisotopic (exact) mass is 396 g/mol. The number of anilines is 1. The van der Waals surface area contributed by atoms with Crippen molar-refractivity contribution < 1.29 is 19.0 Å². The first-order valence-corrected chi connectivity index (χ1v) is 9.35. The molecule has 29 heavy (non-hydrogen) atoms. The van der Waals surface area contributed by atoms with Crippen LogP contribution >= 0.6 is 0 Å². The Hall–Kier alpha value is -3.31. The van der Waals surface area contributed by atoms with Crippen molar-refractivity contribution in [2.24, 2.45) is 11.7 Å². The minimum absolute atomic E-state index is 0.114. The summed E-state index contributed by atoms with van der Waals surface area (Å²) in [5.41, 5.74) is 8.83. The number of nitrogens with zero attached hydrogens (tertiary/aromatic N) is 2. The highest BCUT2D eigenvalue weighted by Gasteiger charge is 2.24. The number of nitrogens with two attached hydrogens (primary N) is 1. The number of amides is 1. The van der Waals surface area contributed by atoms with E-state index in [4.69, 9.17) is 15.2 Å². The van der Waals surface area contributed by atoms with E-state index in [9.17, 15) is 10.1 Å². The summed E-state index contributed by atoms with van der Waals surface area (Å²) in [7, 11) is 1.28. The molecule has 0 fully saturated rings. The van der Waals surface area contributed by atoms with Crippen molar-refractivity contribution in [1.82, 2.24) is 4.98 Å². The van der Waals surface area contributed by atoms with Crippen molar-refractivity contribution in [3.8, 4) is 28.7 Å². The SMILES string of the molecule is COC(=O)Nc1cc2c(cn1)COc1c-2ccc(OCC(N)CC(C)C)c1C#N. The lowest BCUT2D eigenvalue weighted by Crippen LogP contribution is -2.29. The summed E-state index contributed by atoms with van der Waals surface area (Å²) in [4.78, 5) is 15.7. The van der Waals surface area contributed by atoms with Crippen LogP contribution in [0.15, 0.2) is 24.4 Å². The molecule has 1 aromatic heterocycles. The Kier molecular flexibility index (Phi) is 6.20. The number of rotatable bonds is 6. The third kappa shape index (κ3) is 4.58. The van der Waals surface area contributed by atoms with Crippen LogP contribution in [0.2, 0.25) is 0 Å². The lowest BCUT2D eigenvalue weighted by Gasteiger charge is -2.23. The van der Waals surface area contributed by atoms with Crippen molar-refractivity contribution in [3.05, 3.63) is 35.5 Å². The van der Waals surface area contributed by atoms with Crippen LogP contribution in [0, 0.1) is 17.2 Å². The fraction of sp³-hybridized carbons (Fsp3) is 0.381. The Morgan fingerprint density at radius 1 is 1.41 bits per heavy atom. The normalized spacial score (nSPS) is 12.8. The summed E-state index contributed by atoms with van der Waals surface area (Å²) in [5.74, 6) is 1.71. The van der Waals surface area contributed by atoms with Crippen LogP contribution in [0.25, 0.3) is 11.1 Å². The lowest BCUT2D eigenvalue weighted by atomic mass is 9.96. The van der Waals surface area contributed by atoms with Gasteiger partial charge in [0.05, 0.1) is 7.11 Å². The van der Waals surface area contributed by atoms with E-state index < -0.39 is 6.09 Å². The fourth-order valence-corrected chi connectivity index (χ4v) is 3.25. The molecule has 3 N–H and O–H groups in total. The molecule has 0 spiro atoms. The second-order valence-corrected chi connectivity index (χ2v) is 7.26. The number of benzene rings is 1. The molecule has 0 radical (unpaired) electrons. The summed E-state index contributed by atoms with van der Waals surface area (Å²) in [6, 6.07) is 7.37. The molecule has 1 atom stereocenters. The molecule has 8 heteroatoms. The van der Waals surface area contributed by atoms with Crippen molar-refractivity contribution >= 4 is 11.9 Å². The van der Waals surface area contributed by atoms with Gasteiger partial charge in [0, 0.05) is 23.4 Å². The molecular formula is C21H24N4O4. The first-order chi connectivity index (χ1) is 13.9. The minimum Gasteiger partial charge on any atom is -0.490 e. The molecule has 3 rings (SSSR count). The van der Waals surface area contributed by atoms with Gasteiger partial charge in [-0.25, -0.2) is 9.78 Å². The number of carbonyl (C=O) groups excluding carboxylic acids is 1. The molecule has 0 saturated heterocycles. The topological polar surface area (TPSA) is 119 Å². The highest BCUT2D eigenvalue weighted by atomic mass is 16.5. The first-order valence-electron chi connectivity index (χ1n) is 9.35. The maximum Gasteiger partial charge on any atom is 0.412 e. The number of nitrogens with one attached hydrogen (secondary N) is 1. The van der Waals surface area contributed by atoms with Crippen molar-refractivity contribution in [1.29, 1.82) is 5.26 Å². The zero-order valence-corrected chi connectivity index (χ0v) is 16.7. The molecule has 2 aromatic rings. The van der Waals surface area contributed by atoms with Crippen LogP contribution in [-0.2, 0) is 11.3 Å². The zero-order chi connectivity index (χ0) is 21.0. The number of nitriles is 1. The van der Waals surface area contributed by atoms with Crippen molar-refractivity contribution in [2.75, 3.05) is 19.0 Å². The predicted octanol–water partition coefficient (Wildman–Crippen LogP) is 3.44. The molecule has 0 bridgehead atoms. The quantitative estimate of drug-likeness (QED) is 0.767. The number of pyridine rings is 1. The standard InChI is InChI=1S/C21H24N4O4/c1-12(2)6-14(23)11-28-18-5-4-15-16-7-19(25-21(26)27-3)24-9-13(16)10-29-20(15)17(18)8-22/h4-5,7,9,12,14H,6,10-11,23H2,1-3H3,(H,24,25,26). The second kappa shape index (κ2) is 8.80. The second-order valence-electron chi connectivity index (χ2n) is 7.26. The Morgan fingerprint density at radius 2 is 2.21 bits per heavy atom. The maximum atomic E-state index is 11.5. The number of carbonyl (C=O) groups is 1. The average molecular weight is 396 g/mol. The molecule has 1 amide bonds. The first kappa shape index (κ1) is 20.4. The van der Waals surface area contributed by atoms with E-state index in [0.717, 1.165) is 23.1 Å². The van der Waals surface area contributed by atoms with Crippen LogP contribution in [0.1, 0.15) is 31.4 Å². The van der Waals surface area contributed by atoms with Gasteiger partial charge in [0.2, 0.25) is 0 Å². The highest BCUT2D eigenvalue weighted by Crippen LogP contribution is 2.43. The van der Waals surface area contributed by atoms with E-state index in [-0.39, 0.29) is 12.6 Å². The number of aromatic nitrogens is 1. The van der Waals surface area contributed by atoms with Gasteiger partial charge >= 0.3 is 6.09 Å². The zero-order valence-electron chi connectivity index (χ0n) is 16.7. The number of hydrogen-bond donors (Lipinski definition) is 2. The van der Waals surface area contributed by atoms with Gasteiger partial charge in [-0.15, -0.1) is 0 Å². The maximum absolute atomic E-state index is 11.5. The molecule has 1 aliphatic heterocycles. The van der Waals surface area contributed by atoms with Crippen molar-refractivity contribution in [2.45, 2.75) is 32.9 Å². The molecular weight excluding hydrogens is 372 g/mol. The van der Waals surface area contributed by atoms with Crippen LogP contribution in [-0.4, -0.2) is 30.8 Å². The van der Waals surface area contributed by atoms with E-state index in [2.05, 4.69) is 35.0 Å². The molecule has 152 valence electrons. The molecule has 2 heterocycles. The van der Waals surface area contributed by atoms with Gasteiger partial charge in [-0.2, -0.15) is 5.26 Å². The number of hydrogen-bond acceptors (Lipinski definition) is 7. The third-order valence-electron chi connectivity index (χ3n) is 4.52. The van der Waals surface area contributed by atoms with Crippen LogP contribution in [0.4, 0.5) is 10.6 Å². The highest BCUT2D eigenvalue weighted by molar-refractivity contribution is 5.86. The van der Waals surface area contributed by atoms with Crippen molar-refractivity contribution in [3.63, 3.8) is 0 Å². The van der Waals surface area contributed by atoms with E-state index in [1.807, 2.05) is 6.07 Å². The van der Waals surface area contributed by atoms with Crippen LogP contribution < -0.4 is 20.5 Å². The number of methoxy groups -OCH3 is 1. The van der Waals surface area contributed by atoms with Gasteiger partial charge in [0.15, 0.2) is 0 Å². The molecule has 0 saturated carbocycles. The van der Waals surface area contributed by atoms with Gasteiger partial charge in [-0.3, -0.25) is 5.32 Å². The summed E-state index contributed by atoms with van der Waals surface area (Å²) < 4.78 is 16.3. The molecule has 1 aromatic carbocycles. The van der Waals surface area contributed by atoms with E-state index in [1.165, 1.54) is 7.11 Å². The fourth-order valence-electron chi connectivity index (χ4n) is 3.25. The van der Waals surface area contributed by atoms with Gasteiger partial charge in [0.1, 0.15) is 42.2 Å². The third-order valence-corrected chi connectivity index (χ3v) is 4.52. The Labute approximate surface area is 169 Å². The summed E-state index contributed by atoms with van der Waals surface area (Å²) in [6.07, 6.45) is 1.86. The summed E-state index contributed by atoms with van der Waals surface area (Å²) in [6.45, 7) is 4.78. The van der Waals surface area contributed by atoms with E-state index in [0.29, 0.717) is 35.4 Å². The lowest BCUT2D eigenvalue weighted by molar-refractivity contribution is 0.187. The van der Waals surface area contributed by atoms with Crippen LogP contribution in [0.5, 0.6) is 11.5 Å². The van der Waals surface area contributed by atoms with E-state index >= 15 is 0 Å². The Morgan fingerprint density at radius 3 is 2.90 bits per heavy atom. The number of fused-ring (bicyclic) bond motifs is 3. The molecule has 1 aliphatic rings. The minimum atomic E-state index is -0.607. The predicted molar refractivity (Wildman–Crippen MR) is 108 cm³/mol. The molecule has 0 aliphatic carbocycles. The smallest absolute Gasteiger partial charge is 0.412 e. The van der Waals surface area contributed by atoms with Crippen LogP contribution in [0.3, 0.4) is 0 Å². The largest absolute Gasteiger partial charge is 0.490 e. The Balaban J connectivity index is 1.90. The number of ether oxygens (including phenoxy) is 3.